The number of amides is 1. The highest BCUT2D eigenvalue weighted by Gasteiger charge is 2.18. The fourth-order valence-corrected chi connectivity index (χ4v) is 3.91. The van der Waals surface area contributed by atoms with E-state index in [-0.39, 0.29) is 24.2 Å². The summed E-state index contributed by atoms with van der Waals surface area (Å²) in [6.07, 6.45) is 0. The molecule has 0 bridgehead atoms. The number of carbonyl (C=O) groups excluding carboxylic acids is 1. The Bertz CT molecular complexity index is 940. The largest absolute Gasteiger partial charge is 0.353 e. The molecule has 1 aromatic carbocycles. The monoisotopic (exact) mass is 372 g/mol. The summed E-state index contributed by atoms with van der Waals surface area (Å²) < 4.78 is 3.24. The molecule has 0 saturated heterocycles. The molecule has 26 heavy (non-hydrogen) atoms. The fraction of sp³-hybridized carbons (Fsp3) is 0.368. The van der Waals surface area contributed by atoms with Gasteiger partial charge >= 0.3 is 5.69 Å². The molecule has 0 radical (unpaired) electrons. The second kappa shape index (κ2) is 7.88. The highest BCUT2D eigenvalue weighted by molar-refractivity contribution is 7.07. The molecule has 0 aliphatic heterocycles. The van der Waals surface area contributed by atoms with Gasteiger partial charge in [-0.25, -0.2) is 4.79 Å². The molecule has 0 aliphatic rings. The third kappa shape index (κ3) is 3.59. The number of para-hydroxylation sites is 2. The van der Waals surface area contributed by atoms with Gasteiger partial charge < -0.3 is 10.2 Å². The molecule has 138 valence electrons. The van der Waals surface area contributed by atoms with Gasteiger partial charge in [-0.1, -0.05) is 12.1 Å². The van der Waals surface area contributed by atoms with Crippen LogP contribution in [0.4, 0.5) is 0 Å². The molecule has 0 fully saturated rings. The molecule has 0 saturated carbocycles. The molecular formula is C19H24N4O2S. The van der Waals surface area contributed by atoms with E-state index in [2.05, 4.69) is 21.7 Å². The summed E-state index contributed by atoms with van der Waals surface area (Å²) in [5, 5.41) is 7.10. The topological polar surface area (TPSA) is 59.3 Å². The van der Waals surface area contributed by atoms with Crippen LogP contribution in [0.3, 0.4) is 0 Å². The van der Waals surface area contributed by atoms with Crippen LogP contribution >= 0.6 is 11.3 Å². The van der Waals surface area contributed by atoms with Crippen molar-refractivity contribution in [3.63, 3.8) is 0 Å². The van der Waals surface area contributed by atoms with Crippen LogP contribution in [-0.2, 0) is 17.9 Å². The van der Waals surface area contributed by atoms with Crippen LogP contribution in [0.1, 0.15) is 18.5 Å². The second-order valence-electron chi connectivity index (χ2n) is 6.44. The van der Waals surface area contributed by atoms with Crippen molar-refractivity contribution in [2.75, 3.05) is 20.6 Å². The number of carbonyl (C=O) groups is 1. The van der Waals surface area contributed by atoms with Crippen molar-refractivity contribution in [2.45, 2.75) is 26.1 Å². The zero-order valence-electron chi connectivity index (χ0n) is 15.3. The number of aryl methyl sites for hydroxylation is 1. The number of nitrogens with one attached hydrogen (secondary N) is 1. The molecule has 1 amide bonds. The first-order valence-electron chi connectivity index (χ1n) is 8.66. The van der Waals surface area contributed by atoms with E-state index in [1.54, 1.807) is 20.5 Å². The Morgan fingerprint density at radius 3 is 2.46 bits per heavy atom. The predicted octanol–water partition coefficient (Wildman–Crippen LogP) is 2.30. The minimum atomic E-state index is -0.159. The van der Waals surface area contributed by atoms with E-state index in [4.69, 9.17) is 0 Å². The lowest BCUT2D eigenvalue weighted by atomic mass is 10.1. The maximum Gasteiger partial charge on any atom is 0.329 e. The van der Waals surface area contributed by atoms with Gasteiger partial charge in [0.25, 0.3) is 0 Å². The molecule has 2 aromatic heterocycles. The van der Waals surface area contributed by atoms with Gasteiger partial charge in [-0.3, -0.25) is 13.9 Å². The zero-order chi connectivity index (χ0) is 18.7. The SMILES string of the molecule is CCn1c(=O)n(CC(=O)NC[C@@H](c2ccsc2)N(C)C)c2ccccc21. The van der Waals surface area contributed by atoms with Gasteiger partial charge in [-0.05, 0) is 55.5 Å². The number of likely N-dealkylation sites (N-methyl/N-ethyl adjacent to an activating group) is 1. The lowest BCUT2D eigenvalue weighted by Crippen LogP contribution is -2.37. The van der Waals surface area contributed by atoms with Gasteiger partial charge in [-0.15, -0.1) is 0 Å². The van der Waals surface area contributed by atoms with Crippen LogP contribution in [-0.4, -0.2) is 40.6 Å². The van der Waals surface area contributed by atoms with Crippen molar-refractivity contribution < 1.29 is 4.79 Å². The number of imidazole rings is 1. The first kappa shape index (κ1) is 18.4. The Balaban J connectivity index is 1.76. The van der Waals surface area contributed by atoms with Crippen molar-refractivity contribution in [3.8, 4) is 0 Å². The van der Waals surface area contributed by atoms with E-state index >= 15 is 0 Å². The number of benzene rings is 1. The maximum atomic E-state index is 12.6. The molecule has 0 aliphatic carbocycles. The van der Waals surface area contributed by atoms with Gasteiger partial charge in [-0.2, -0.15) is 11.3 Å². The normalized spacial score (nSPS) is 12.6. The highest BCUT2D eigenvalue weighted by Crippen LogP contribution is 2.20. The first-order chi connectivity index (χ1) is 12.5. The Labute approximate surface area is 156 Å². The van der Waals surface area contributed by atoms with E-state index in [0.29, 0.717) is 13.1 Å². The number of aromatic nitrogens is 2. The summed E-state index contributed by atoms with van der Waals surface area (Å²) in [5.74, 6) is -0.159. The Morgan fingerprint density at radius 1 is 1.19 bits per heavy atom. The minimum absolute atomic E-state index is 0.0239. The minimum Gasteiger partial charge on any atom is -0.353 e. The zero-order valence-corrected chi connectivity index (χ0v) is 16.1. The summed E-state index contributed by atoms with van der Waals surface area (Å²) in [5.41, 5.74) is 2.68. The lowest BCUT2D eigenvalue weighted by Gasteiger charge is -2.24. The number of hydrogen-bond acceptors (Lipinski definition) is 4. The fourth-order valence-electron chi connectivity index (χ4n) is 3.20. The predicted molar refractivity (Wildman–Crippen MR) is 106 cm³/mol. The Hall–Kier alpha value is -2.38. The molecule has 3 rings (SSSR count). The summed E-state index contributed by atoms with van der Waals surface area (Å²) in [6.45, 7) is 3.04. The van der Waals surface area contributed by atoms with Gasteiger partial charge in [0, 0.05) is 13.1 Å². The van der Waals surface area contributed by atoms with Gasteiger partial charge in [0.15, 0.2) is 0 Å². The average molecular weight is 372 g/mol. The van der Waals surface area contributed by atoms with Crippen LogP contribution in [0.25, 0.3) is 11.0 Å². The number of nitrogens with zero attached hydrogens (tertiary/aromatic N) is 3. The maximum absolute atomic E-state index is 12.6. The molecule has 2 heterocycles. The average Bonchev–Trinajstić information content (AvgIpc) is 3.23. The highest BCUT2D eigenvalue weighted by atomic mass is 32.1. The van der Waals surface area contributed by atoms with E-state index in [0.717, 1.165) is 11.0 Å². The molecule has 3 aromatic rings. The smallest absolute Gasteiger partial charge is 0.329 e. The lowest BCUT2D eigenvalue weighted by molar-refractivity contribution is -0.121. The molecule has 0 unspecified atom stereocenters. The van der Waals surface area contributed by atoms with Crippen molar-refractivity contribution in [3.05, 3.63) is 57.1 Å². The summed E-state index contributed by atoms with van der Waals surface area (Å²) >= 11 is 1.64. The third-order valence-electron chi connectivity index (χ3n) is 4.59. The third-order valence-corrected chi connectivity index (χ3v) is 5.29. The summed E-state index contributed by atoms with van der Waals surface area (Å²) in [6, 6.07) is 9.76. The first-order valence-corrected chi connectivity index (χ1v) is 9.60. The van der Waals surface area contributed by atoms with E-state index < -0.39 is 0 Å². The van der Waals surface area contributed by atoms with Gasteiger partial charge in [0.2, 0.25) is 5.91 Å². The van der Waals surface area contributed by atoms with E-state index in [9.17, 15) is 9.59 Å². The standard InChI is InChI=1S/C19H24N4O2S/c1-4-22-15-7-5-6-8-16(15)23(19(22)25)12-18(24)20-11-17(21(2)3)14-9-10-26-13-14/h5-10,13,17H,4,11-12H2,1-3H3,(H,20,24)/t17-/m0/s1. The van der Waals surface area contributed by atoms with Crippen molar-refractivity contribution >= 4 is 28.3 Å². The molecule has 7 heteroatoms. The van der Waals surface area contributed by atoms with Crippen LogP contribution < -0.4 is 11.0 Å². The number of fused-ring (bicyclic) bond motifs is 1. The molecule has 1 N–H and O–H groups in total. The molecule has 1 atom stereocenters. The van der Waals surface area contributed by atoms with Gasteiger partial charge in [0.1, 0.15) is 6.54 Å². The van der Waals surface area contributed by atoms with Crippen LogP contribution in [0.15, 0.2) is 45.9 Å². The van der Waals surface area contributed by atoms with Crippen molar-refractivity contribution in [1.29, 1.82) is 0 Å². The second-order valence-corrected chi connectivity index (χ2v) is 7.22. The molecule has 0 spiro atoms. The Morgan fingerprint density at radius 2 is 1.88 bits per heavy atom. The number of thiophene rings is 1. The number of rotatable bonds is 7. The van der Waals surface area contributed by atoms with E-state index in [1.807, 2.05) is 50.7 Å². The quantitative estimate of drug-likeness (QED) is 0.692. The Kier molecular flexibility index (Phi) is 5.58. The molecular weight excluding hydrogens is 348 g/mol. The summed E-state index contributed by atoms with van der Waals surface area (Å²) in [7, 11) is 3.99. The van der Waals surface area contributed by atoms with Crippen molar-refractivity contribution in [1.82, 2.24) is 19.4 Å². The van der Waals surface area contributed by atoms with Crippen LogP contribution in [0, 0.1) is 0 Å². The van der Waals surface area contributed by atoms with Crippen LogP contribution in [0.5, 0.6) is 0 Å². The number of hydrogen-bond donors (Lipinski definition) is 1. The summed E-state index contributed by atoms with van der Waals surface area (Å²) in [4.78, 5) is 27.2. The van der Waals surface area contributed by atoms with Crippen molar-refractivity contribution in [2.24, 2.45) is 0 Å². The van der Waals surface area contributed by atoms with Crippen LogP contribution in [0.2, 0.25) is 0 Å². The van der Waals surface area contributed by atoms with E-state index in [1.165, 1.54) is 5.56 Å². The van der Waals surface area contributed by atoms with Gasteiger partial charge in [0.05, 0.1) is 17.1 Å². The molecule has 6 nitrogen and oxygen atoms in total.